The molecule has 30 heavy (non-hydrogen) atoms. The number of anilines is 1. The summed E-state index contributed by atoms with van der Waals surface area (Å²) >= 11 is 0. The molecule has 4 rings (SSSR count). The molecule has 3 heterocycles. The fourth-order valence-electron chi connectivity index (χ4n) is 5.06. The SMILES string of the molecule is CC[NH+]1CCN(c2c(C)c(C(=O)N3CCCC3)n(Cc3ccc(F)cc3)c2C)CC1. The van der Waals surface area contributed by atoms with Crippen molar-refractivity contribution < 1.29 is 14.1 Å². The third kappa shape index (κ3) is 3.97. The number of amides is 1. The summed E-state index contributed by atoms with van der Waals surface area (Å²) in [5, 5.41) is 0. The van der Waals surface area contributed by atoms with Crippen molar-refractivity contribution in [3.8, 4) is 0 Å². The molecule has 2 fully saturated rings. The molecule has 1 aromatic heterocycles. The van der Waals surface area contributed by atoms with Crippen molar-refractivity contribution in [2.24, 2.45) is 0 Å². The lowest BCUT2D eigenvalue weighted by molar-refractivity contribution is -0.898. The van der Waals surface area contributed by atoms with Gasteiger partial charge in [-0.05, 0) is 51.3 Å². The first-order valence-corrected chi connectivity index (χ1v) is 11.3. The number of carbonyl (C=O) groups excluding carboxylic acids is 1. The molecule has 1 aromatic carbocycles. The van der Waals surface area contributed by atoms with E-state index in [-0.39, 0.29) is 11.7 Å². The quantitative estimate of drug-likeness (QED) is 0.816. The molecule has 5 nitrogen and oxygen atoms in total. The molecule has 0 unspecified atom stereocenters. The Morgan fingerprint density at radius 3 is 2.27 bits per heavy atom. The molecule has 2 saturated heterocycles. The Labute approximate surface area is 179 Å². The molecule has 162 valence electrons. The molecule has 0 atom stereocenters. The number of nitrogens with one attached hydrogen (secondary N) is 1. The standard InChI is InChI=1S/C24H33FN4O/c1-4-26-13-15-27(16-14-26)22-18(2)23(24(30)28-11-5-6-12-28)29(19(22)3)17-20-7-9-21(25)10-8-20/h7-10H,4-6,11-17H2,1-3H3/p+1. The Balaban J connectivity index is 1.72. The predicted octanol–water partition coefficient (Wildman–Crippen LogP) is 2.25. The van der Waals surface area contributed by atoms with Gasteiger partial charge in [-0.1, -0.05) is 12.1 Å². The van der Waals surface area contributed by atoms with Gasteiger partial charge in [0.15, 0.2) is 0 Å². The van der Waals surface area contributed by atoms with Crippen LogP contribution in [0.1, 0.15) is 47.1 Å². The lowest BCUT2D eigenvalue weighted by Crippen LogP contribution is -3.14. The number of likely N-dealkylation sites (N-methyl/N-ethyl adjacent to an activating group) is 1. The lowest BCUT2D eigenvalue weighted by atomic mass is 10.1. The van der Waals surface area contributed by atoms with Gasteiger partial charge in [-0.15, -0.1) is 0 Å². The van der Waals surface area contributed by atoms with Gasteiger partial charge in [-0.3, -0.25) is 4.79 Å². The van der Waals surface area contributed by atoms with Gasteiger partial charge in [-0.25, -0.2) is 4.39 Å². The minimum atomic E-state index is -0.232. The highest BCUT2D eigenvalue weighted by Crippen LogP contribution is 2.33. The maximum Gasteiger partial charge on any atom is 0.270 e. The highest BCUT2D eigenvalue weighted by atomic mass is 19.1. The van der Waals surface area contributed by atoms with E-state index in [1.165, 1.54) is 17.8 Å². The van der Waals surface area contributed by atoms with E-state index in [1.807, 2.05) is 17.0 Å². The summed E-state index contributed by atoms with van der Waals surface area (Å²) in [7, 11) is 0. The summed E-state index contributed by atoms with van der Waals surface area (Å²) in [5.41, 5.74) is 5.26. The van der Waals surface area contributed by atoms with E-state index >= 15 is 0 Å². The van der Waals surface area contributed by atoms with Crippen LogP contribution >= 0.6 is 0 Å². The summed E-state index contributed by atoms with van der Waals surface area (Å²) in [4.78, 5) is 19.6. The van der Waals surface area contributed by atoms with Crippen molar-refractivity contribution in [3.63, 3.8) is 0 Å². The Kier molecular flexibility index (Phi) is 6.14. The zero-order chi connectivity index (χ0) is 21.3. The second-order valence-electron chi connectivity index (χ2n) is 8.71. The van der Waals surface area contributed by atoms with Gasteiger partial charge in [0.25, 0.3) is 5.91 Å². The predicted molar refractivity (Wildman–Crippen MR) is 118 cm³/mol. The molecule has 0 radical (unpaired) electrons. The van der Waals surface area contributed by atoms with Gasteiger partial charge in [-0.2, -0.15) is 0 Å². The Hall–Kier alpha value is -2.34. The van der Waals surface area contributed by atoms with Crippen molar-refractivity contribution >= 4 is 11.6 Å². The van der Waals surface area contributed by atoms with Gasteiger partial charge in [0.1, 0.15) is 11.5 Å². The van der Waals surface area contributed by atoms with Crippen LogP contribution in [0.25, 0.3) is 0 Å². The van der Waals surface area contributed by atoms with Crippen LogP contribution in [0, 0.1) is 19.7 Å². The Morgan fingerprint density at radius 1 is 1.03 bits per heavy atom. The van der Waals surface area contributed by atoms with E-state index in [0.717, 1.165) is 81.2 Å². The first-order chi connectivity index (χ1) is 14.5. The smallest absolute Gasteiger partial charge is 0.270 e. The molecule has 1 N–H and O–H groups in total. The van der Waals surface area contributed by atoms with E-state index in [1.54, 1.807) is 4.90 Å². The highest BCUT2D eigenvalue weighted by molar-refractivity contribution is 5.97. The second kappa shape index (κ2) is 8.80. The topological polar surface area (TPSA) is 32.9 Å². The van der Waals surface area contributed by atoms with Crippen molar-refractivity contribution in [3.05, 3.63) is 52.6 Å². The number of piperazine rings is 1. The minimum absolute atomic E-state index is 0.138. The Bertz CT molecular complexity index is 891. The Morgan fingerprint density at radius 2 is 1.67 bits per heavy atom. The van der Waals surface area contributed by atoms with Crippen LogP contribution in [0.4, 0.5) is 10.1 Å². The second-order valence-corrected chi connectivity index (χ2v) is 8.71. The summed E-state index contributed by atoms with van der Waals surface area (Å²) in [6.07, 6.45) is 2.16. The van der Waals surface area contributed by atoms with Crippen molar-refractivity contribution in [1.29, 1.82) is 0 Å². The van der Waals surface area contributed by atoms with Gasteiger partial charge in [0, 0.05) is 30.9 Å². The monoisotopic (exact) mass is 413 g/mol. The van der Waals surface area contributed by atoms with E-state index in [9.17, 15) is 9.18 Å². The zero-order valence-electron chi connectivity index (χ0n) is 18.5. The number of likely N-dealkylation sites (tertiary alicyclic amines) is 1. The normalized spacial score (nSPS) is 17.7. The van der Waals surface area contributed by atoms with Gasteiger partial charge >= 0.3 is 0 Å². The van der Waals surface area contributed by atoms with Crippen LogP contribution < -0.4 is 9.80 Å². The van der Waals surface area contributed by atoms with Crippen LogP contribution in [-0.2, 0) is 6.54 Å². The first-order valence-electron chi connectivity index (χ1n) is 11.3. The molecule has 1 amide bonds. The van der Waals surface area contributed by atoms with Gasteiger partial charge < -0.3 is 19.3 Å². The van der Waals surface area contributed by atoms with Gasteiger partial charge in [0.2, 0.25) is 0 Å². The van der Waals surface area contributed by atoms with Crippen LogP contribution in [0.15, 0.2) is 24.3 Å². The number of benzene rings is 1. The van der Waals surface area contributed by atoms with Crippen LogP contribution in [0.5, 0.6) is 0 Å². The number of rotatable bonds is 5. The molecule has 0 aliphatic carbocycles. The number of carbonyl (C=O) groups is 1. The average Bonchev–Trinajstić information content (AvgIpc) is 3.37. The largest absolute Gasteiger partial charge is 0.359 e. The third-order valence-corrected chi connectivity index (χ3v) is 6.86. The van der Waals surface area contributed by atoms with E-state index in [4.69, 9.17) is 0 Å². The molecule has 0 spiro atoms. The number of quaternary nitrogens is 1. The molecule has 0 bridgehead atoms. The summed E-state index contributed by atoms with van der Waals surface area (Å²) in [6, 6.07) is 6.63. The first kappa shape index (κ1) is 20.9. The molecule has 2 aliphatic heterocycles. The number of hydrogen-bond donors (Lipinski definition) is 1. The zero-order valence-corrected chi connectivity index (χ0v) is 18.5. The molecule has 6 heteroatoms. The van der Waals surface area contributed by atoms with Crippen LogP contribution in [-0.4, -0.2) is 61.2 Å². The molecule has 0 saturated carbocycles. The van der Waals surface area contributed by atoms with Gasteiger partial charge in [0.05, 0.1) is 38.4 Å². The minimum Gasteiger partial charge on any atom is -0.359 e. The van der Waals surface area contributed by atoms with Crippen molar-refractivity contribution in [2.75, 3.05) is 50.7 Å². The number of nitrogens with zero attached hydrogens (tertiary/aromatic N) is 3. The van der Waals surface area contributed by atoms with Crippen LogP contribution in [0.3, 0.4) is 0 Å². The average molecular weight is 414 g/mol. The molecular formula is C24H34FN4O+. The number of halogens is 1. The molecule has 2 aromatic rings. The maximum absolute atomic E-state index is 13.5. The van der Waals surface area contributed by atoms with Crippen molar-refractivity contribution in [1.82, 2.24) is 9.47 Å². The van der Waals surface area contributed by atoms with Crippen LogP contribution in [0.2, 0.25) is 0 Å². The number of aromatic nitrogens is 1. The molecular weight excluding hydrogens is 379 g/mol. The lowest BCUT2D eigenvalue weighted by Gasteiger charge is -2.33. The third-order valence-electron chi connectivity index (χ3n) is 6.86. The van der Waals surface area contributed by atoms with E-state index in [0.29, 0.717) is 6.54 Å². The van der Waals surface area contributed by atoms with E-state index < -0.39 is 0 Å². The highest BCUT2D eigenvalue weighted by Gasteiger charge is 2.31. The summed E-state index contributed by atoms with van der Waals surface area (Å²) in [6.45, 7) is 14.2. The maximum atomic E-state index is 13.5. The summed E-state index contributed by atoms with van der Waals surface area (Å²) in [5.74, 6) is -0.0937. The summed E-state index contributed by atoms with van der Waals surface area (Å²) < 4.78 is 15.6. The van der Waals surface area contributed by atoms with E-state index in [2.05, 4.69) is 30.2 Å². The fraction of sp³-hybridized carbons (Fsp3) is 0.542. The van der Waals surface area contributed by atoms with Crippen molar-refractivity contribution in [2.45, 2.75) is 40.2 Å². The fourth-order valence-corrected chi connectivity index (χ4v) is 5.06. The molecule has 2 aliphatic rings. The number of hydrogen-bond acceptors (Lipinski definition) is 2.